The first-order chi connectivity index (χ1) is 7.29. The molecule has 0 saturated heterocycles. The van der Waals surface area contributed by atoms with Crippen molar-refractivity contribution in [2.75, 3.05) is 7.05 Å². The summed E-state index contributed by atoms with van der Waals surface area (Å²) >= 11 is 0. The van der Waals surface area contributed by atoms with E-state index in [2.05, 4.69) is 30.4 Å². The SMILES string of the molecule is CN[C@@H](C)CCc1ccc2occc2c1.Cl. The molecule has 88 valence electrons. The first-order valence-corrected chi connectivity index (χ1v) is 5.43. The fourth-order valence-corrected chi connectivity index (χ4v) is 1.70. The highest BCUT2D eigenvalue weighted by molar-refractivity contribution is 5.85. The highest BCUT2D eigenvalue weighted by Gasteiger charge is 2.01. The van der Waals surface area contributed by atoms with Crippen LogP contribution in [0.25, 0.3) is 11.0 Å². The van der Waals surface area contributed by atoms with Crippen molar-refractivity contribution in [2.45, 2.75) is 25.8 Å². The molecule has 0 fully saturated rings. The third-order valence-corrected chi connectivity index (χ3v) is 2.88. The number of hydrogen-bond donors (Lipinski definition) is 1. The second-order valence-corrected chi connectivity index (χ2v) is 4.02. The molecule has 1 aromatic carbocycles. The van der Waals surface area contributed by atoms with E-state index in [1.807, 2.05) is 13.1 Å². The molecule has 0 amide bonds. The molecule has 3 heteroatoms. The van der Waals surface area contributed by atoms with Gasteiger partial charge in [-0.25, -0.2) is 0 Å². The molecule has 1 atom stereocenters. The first kappa shape index (κ1) is 13.1. The topological polar surface area (TPSA) is 25.2 Å². The number of benzene rings is 1. The number of hydrogen-bond acceptors (Lipinski definition) is 2. The van der Waals surface area contributed by atoms with Gasteiger partial charge in [0, 0.05) is 11.4 Å². The molecule has 0 aliphatic rings. The Morgan fingerprint density at radius 1 is 1.31 bits per heavy atom. The Hall–Kier alpha value is -0.990. The third kappa shape index (κ3) is 3.00. The fourth-order valence-electron chi connectivity index (χ4n) is 1.70. The van der Waals surface area contributed by atoms with E-state index in [0.717, 1.165) is 12.0 Å². The standard InChI is InChI=1S/C13H17NO.ClH/c1-10(14-2)3-4-11-5-6-13-12(9-11)7-8-15-13;/h5-10,14H,3-4H2,1-2H3;1H/t10-;/m0./s1. The van der Waals surface area contributed by atoms with Gasteiger partial charge < -0.3 is 9.73 Å². The number of furan rings is 1. The van der Waals surface area contributed by atoms with Gasteiger partial charge in [0.1, 0.15) is 5.58 Å². The lowest BCUT2D eigenvalue weighted by Crippen LogP contribution is -2.21. The van der Waals surface area contributed by atoms with Crippen LogP contribution in [0.1, 0.15) is 18.9 Å². The fraction of sp³-hybridized carbons (Fsp3) is 0.385. The van der Waals surface area contributed by atoms with Gasteiger partial charge >= 0.3 is 0 Å². The molecule has 1 heterocycles. The summed E-state index contributed by atoms with van der Waals surface area (Å²) in [5.41, 5.74) is 2.35. The molecule has 1 aromatic heterocycles. The molecule has 0 saturated carbocycles. The van der Waals surface area contributed by atoms with Crippen LogP contribution >= 0.6 is 12.4 Å². The molecular formula is C13H18ClNO. The van der Waals surface area contributed by atoms with E-state index in [9.17, 15) is 0 Å². The maximum Gasteiger partial charge on any atom is 0.133 e. The maximum atomic E-state index is 5.31. The number of fused-ring (bicyclic) bond motifs is 1. The molecule has 0 radical (unpaired) electrons. The molecule has 1 N–H and O–H groups in total. The molecule has 0 bridgehead atoms. The summed E-state index contributed by atoms with van der Waals surface area (Å²) in [6.45, 7) is 2.20. The molecule has 0 spiro atoms. The lowest BCUT2D eigenvalue weighted by Gasteiger charge is -2.09. The van der Waals surface area contributed by atoms with Crippen molar-refractivity contribution in [3.63, 3.8) is 0 Å². The summed E-state index contributed by atoms with van der Waals surface area (Å²) in [6.07, 6.45) is 4.02. The molecule has 2 aromatic rings. The predicted molar refractivity (Wildman–Crippen MR) is 70.3 cm³/mol. The Labute approximate surface area is 102 Å². The molecule has 0 aliphatic heterocycles. The quantitative estimate of drug-likeness (QED) is 0.885. The minimum Gasteiger partial charge on any atom is -0.464 e. The van der Waals surface area contributed by atoms with E-state index >= 15 is 0 Å². The van der Waals surface area contributed by atoms with E-state index in [1.54, 1.807) is 6.26 Å². The van der Waals surface area contributed by atoms with Crippen molar-refractivity contribution in [2.24, 2.45) is 0 Å². The minimum atomic E-state index is 0. The lowest BCUT2D eigenvalue weighted by molar-refractivity contribution is 0.565. The van der Waals surface area contributed by atoms with Crippen LogP contribution < -0.4 is 5.32 Å². The number of aryl methyl sites for hydroxylation is 1. The zero-order chi connectivity index (χ0) is 10.7. The van der Waals surface area contributed by atoms with E-state index in [0.29, 0.717) is 6.04 Å². The van der Waals surface area contributed by atoms with Gasteiger partial charge in [0.05, 0.1) is 6.26 Å². The van der Waals surface area contributed by atoms with E-state index in [4.69, 9.17) is 4.42 Å². The predicted octanol–water partition coefficient (Wildman–Crippen LogP) is 3.40. The molecule has 16 heavy (non-hydrogen) atoms. The Bertz CT molecular complexity index is 438. The number of rotatable bonds is 4. The average molecular weight is 240 g/mol. The Kier molecular flexibility index (Phi) is 4.84. The van der Waals surface area contributed by atoms with Crippen LogP contribution in [0.15, 0.2) is 34.9 Å². The van der Waals surface area contributed by atoms with Gasteiger partial charge in [0.2, 0.25) is 0 Å². The second kappa shape index (κ2) is 5.92. The van der Waals surface area contributed by atoms with E-state index < -0.39 is 0 Å². The zero-order valence-electron chi connectivity index (χ0n) is 9.69. The Morgan fingerprint density at radius 3 is 2.88 bits per heavy atom. The monoisotopic (exact) mass is 239 g/mol. The van der Waals surface area contributed by atoms with Gasteiger partial charge in [0.15, 0.2) is 0 Å². The van der Waals surface area contributed by atoms with Crippen LogP contribution in [0.3, 0.4) is 0 Å². The maximum absolute atomic E-state index is 5.31. The van der Waals surface area contributed by atoms with Crippen LogP contribution in [-0.4, -0.2) is 13.1 Å². The van der Waals surface area contributed by atoms with Crippen molar-refractivity contribution in [3.8, 4) is 0 Å². The van der Waals surface area contributed by atoms with E-state index in [-0.39, 0.29) is 12.4 Å². The third-order valence-electron chi connectivity index (χ3n) is 2.88. The minimum absolute atomic E-state index is 0. The van der Waals surface area contributed by atoms with Crippen molar-refractivity contribution in [1.82, 2.24) is 5.32 Å². The van der Waals surface area contributed by atoms with Crippen LogP contribution in [0, 0.1) is 0 Å². The summed E-state index contributed by atoms with van der Waals surface area (Å²) < 4.78 is 5.31. The number of nitrogens with one attached hydrogen (secondary N) is 1. The van der Waals surface area contributed by atoms with Crippen LogP contribution in [0.4, 0.5) is 0 Å². The largest absolute Gasteiger partial charge is 0.464 e. The Balaban J connectivity index is 0.00000128. The molecule has 2 nitrogen and oxygen atoms in total. The molecule has 0 unspecified atom stereocenters. The lowest BCUT2D eigenvalue weighted by atomic mass is 10.0. The molecule has 0 aliphatic carbocycles. The number of halogens is 1. The van der Waals surface area contributed by atoms with Gasteiger partial charge in [-0.05, 0) is 50.6 Å². The van der Waals surface area contributed by atoms with Crippen molar-refractivity contribution < 1.29 is 4.42 Å². The highest BCUT2D eigenvalue weighted by atomic mass is 35.5. The summed E-state index contributed by atoms with van der Waals surface area (Å²) in [5, 5.41) is 4.45. The van der Waals surface area contributed by atoms with E-state index in [1.165, 1.54) is 17.4 Å². The summed E-state index contributed by atoms with van der Waals surface area (Å²) in [6, 6.07) is 9.00. The van der Waals surface area contributed by atoms with Gasteiger partial charge in [-0.15, -0.1) is 12.4 Å². The van der Waals surface area contributed by atoms with Gasteiger partial charge in [0.25, 0.3) is 0 Å². The summed E-state index contributed by atoms with van der Waals surface area (Å²) in [7, 11) is 2.00. The van der Waals surface area contributed by atoms with Gasteiger partial charge in [-0.3, -0.25) is 0 Å². The van der Waals surface area contributed by atoms with Gasteiger partial charge in [-0.2, -0.15) is 0 Å². The smallest absolute Gasteiger partial charge is 0.133 e. The van der Waals surface area contributed by atoms with Crippen LogP contribution in [-0.2, 0) is 6.42 Å². The zero-order valence-corrected chi connectivity index (χ0v) is 10.5. The summed E-state index contributed by atoms with van der Waals surface area (Å²) in [4.78, 5) is 0. The normalized spacial score (nSPS) is 12.4. The molecule has 2 rings (SSSR count). The van der Waals surface area contributed by atoms with Gasteiger partial charge in [-0.1, -0.05) is 6.07 Å². The van der Waals surface area contributed by atoms with Crippen LogP contribution in [0.5, 0.6) is 0 Å². The van der Waals surface area contributed by atoms with Crippen molar-refractivity contribution in [1.29, 1.82) is 0 Å². The second-order valence-electron chi connectivity index (χ2n) is 4.02. The average Bonchev–Trinajstić information content (AvgIpc) is 2.72. The first-order valence-electron chi connectivity index (χ1n) is 5.43. The highest BCUT2D eigenvalue weighted by Crippen LogP contribution is 2.18. The molecular weight excluding hydrogens is 222 g/mol. The van der Waals surface area contributed by atoms with Crippen molar-refractivity contribution in [3.05, 3.63) is 36.1 Å². The van der Waals surface area contributed by atoms with Crippen molar-refractivity contribution >= 4 is 23.4 Å². The summed E-state index contributed by atoms with van der Waals surface area (Å²) in [5.74, 6) is 0. The Morgan fingerprint density at radius 2 is 2.12 bits per heavy atom. The van der Waals surface area contributed by atoms with Crippen LogP contribution in [0.2, 0.25) is 0 Å².